The summed E-state index contributed by atoms with van der Waals surface area (Å²) in [6.07, 6.45) is 8.38. The predicted octanol–water partition coefficient (Wildman–Crippen LogP) is 3.18. The van der Waals surface area contributed by atoms with Gasteiger partial charge in [-0.05, 0) is 31.6 Å². The van der Waals surface area contributed by atoms with E-state index < -0.39 is 6.04 Å². The van der Waals surface area contributed by atoms with Gasteiger partial charge in [0.15, 0.2) is 0 Å². The van der Waals surface area contributed by atoms with Crippen LogP contribution >= 0.6 is 11.8 Å². The van der Waals surface area contributed by atoms with Crippen LogP contribution in [-0.2, 0) is 4.79 Å². The first-order valence-corrected chi connectivity index (χ1v) is 8.94. The molecule has 1 atom stereocenters. The molecule has 1 aromatic carbocycles. The lowest BCUT2D eigenvalue weighted by Gasteiger charge is -2.36. The van der Waals surface area contributed by atoms with Gasteiger partial charge in [-0.3, -0.25) is 4.79 Å². The predicted molar refractivity (Wildman–Crippen MR) is 90.4 cm³/mol. The second-order valence-corrected chi connectivity index (χ2v) is 7.33. The van der Waals surface area contributed by atoms with E-state index in [0.29, 0.717) is 0 Å². The van der Waals surface area contributed by atoms with Crippen LogP contribution in [0.5, 0.6) is 0 Å². The van der Waals surface area contributed by atoms with Crippen LogP contribution in [0.15, 0.2) is 24.3 Å². The van der Waals surface area contributed by atoms with Crippen LogP contribution in [0.2, 0.25) is 0 Å². The van der Waals surface area contributed by atoms with E-state index in [1.807, 2.05) is 43.0 Å². The number of nitrogens with two attached hydrogens (primary N) is 1. The molecule has 21 heavy (non-hydrogen) atoms. The number of carbonyl (C=O) groups excluding carboxylic acids is 1. The van der Waals surface area contributed by atoms with Gasteiger partial charge in [-0.2, -0.15) is 11.8 Å². The lowest BCUT2D eigenvalue weighted by molar-refractivity contribution is -0.122. The molecule has 1 saturated carbocycles. The summed E-state index contributed by atoms with van der Waals surface area (Å²) in [7, 11) is 0. The fraction of sp³-hybridized carbons (Fsp3) is 0.588. The minimum atomic E-state index is -0.576. The van der Waals surface area contributed by atoms with Crippen molar-refractivity contribution in [3.63, 3.8) is 0 Å². The largest absolute Gasteiger partial charge is 0.353 e. The highest BCUT2D eigenvalue weighted by Crippen LogP contribution is 2.38. The van der Waals surface area contributed by atoms with E-state index in [9.17, 15) is 4.79 Å². The summed E-state index contributed by atoms with van der Waals surface area (Å²) in [5.74, 6) is -0.0714. The number of thioether (sulfide) groups is 1. The minimum Gasteiger partial charge on any atom is -0.353 e. The Labute approximate surface area is 132 Å². The molecule has 0 radical (unpaired) electrons. The topological polar surface area (TPSA) is 55.1 Å². The number of aryl methyl sites for hydroxylation is 1. The number of nitrogens with one attached hydrogen (secondary N) is 1. The smallest absolute Gasteiger partial charge is 0.241 e. The van der Waals surface area contributed by atoms with Gasteiger partial charge in [0.25, 0.3) is 0 Å². The maximum Gasteiger partial charge on any atom is 0.241 e. The van der Waals surface area contributed by atoms with Crippen molar-refractivity contribution in [2.45, 2.75) is 49.8 Å². The van der Waals surface area contributed by atoms with Crippen LogP contribution in [0.3, 0.4) is 0 Å². The van der Waals surface area contributed by atoms with E-state index >= 15 is 0 Å². The molecule has 1 aliphatic rings. The van der Waals surface area contributed by atoms with Crippen molar-refractivity contribution in [3.05, 3.63) is 35.4 Å². The van der Waals surface area contributed by atoms with Crippen LogP contribution in [0, 0.1) is 6.92 Å². The van der Waals surface area contributed by atoms with E-state index in [-0.39, 0.29) is 10.7 Å². The molecule has 0 bridgehead atoms. The Bertz CT molecular complexity index is 466. The molecule has 1 unspecified atom stereocenters. The number of hydrogen-bond acceptors (Lipinski definition) is 3. The highest BCUT2D eigenvalue weighted by Gasteiger charge is 2.32. The van der Waals surface area contributed by atoms with E-state index in [1.54, 1.807) is 0 Å². The summed E-state index contributed by atoms with van der Waals surface area (Å²) in [6.45, 7) is 2.76. The summed E-state index contributed by atoms with van der Waals surface area (Å²) in [4.78, 5) is 12.3. The van der Waals surface area contributed by atoms with Crippen molar-refractivity contribution in [1.29, 1.82) is 0 Å². The summed E-state index contributed by atoms with van der Waals surface area (Å²) >= 11 is 1.89. The van der Waals surface area contributed by atoms with Gasteiger partial charge in [0.1, 0.15) is 6.04 Å². The third-order valence-corrected chi connectivity index (χ3v) is 5.92. The van der Waals surface area contributed by atoms with Gasteiger partial charge >= 0.3 is 0 Å². The van der Waals surface area contributed by atoms with Crippen molar-refractivity contribution in [2.24, 2.45) is 5.73 Å². The standard InChI is InChI=1S/C17H26N2OS/c1-13-6-8-14(9-7-13)15(18)16(20)19-12-17(21-2)10-4-3-5-11-17/h6-9,15H,3-5,10-12,18H2,1-2H3,(H,19,20). The van der Waals surface area contributed by atoms with Gasteiger partial charge in [-0.15, -0.1) is 0 Å². The van der Waals surface area contributed by atoms with Gasteiger partial charge < -0.3 is 11.1 Å². The Hall–Kier alpha value is -1.00. The van der Waals surface area contributed by atoms with Crippen LogP contribution < -0.4 is 11.1 Å². The Kier molecular flexibility index (Phi) is 5.71. The molecule has 0 spiro atoms. The molecule has 1 amide bonds. The Balaban J connectivity index is 1.92. The van der Waals surface area contributed by atoms with E-state index in [4.69, 9.17) is 5.73 Å². The average molecular weight is 306 g/mol. The SMILES string of the molecule is CSC1(CNC(=O)C(N)c2ccc(C)cc2)CCCCC1. The van der Waals surface area contributed by atoms with Crippen molar-refractivity contribution >= 4 is 17.7 Å². The highest BCUT2D eigenvalue weighted by molar-refractivity contribution is 8.00. The first kappa shape index (κ1) is 16.4. The minimum absolute atomic E-state index is 0.0714. The van der Waals surface area contributed by atoms with Crippen LogP contribution in [0.1, 0.15) is 49.3 Å². The molecule has 1 fully saturated rings. The number of amides is 1. The maximum absolute atomic E-state index is 12.3. The molecular weight excluding hydrogens is 280 g/mol. The Morgan fingerprint density at radius 1 is 1.29 bits per heavy atom. The van der Waals surface area contributed by atoms with Crippen LogP contribution in [0.4, 0.5) is 0 Å². The molecule has 3 nitrogen and oxygen atoms in total. The van der Waals surface area contributed by atoms with E-state index in [2.05, 4.69) is 11.6 Å². The van der Waals surface area contributed by atoms with E-state index in [0.717, 1.165) is 12.1 Å². The number of benzene rings is 1. The van der Waals surface area contributed by atoms with Crippen molar-refractivity contribution in [2.75, 3.05) is 12.8 Å². The molecule has 116 valence electrons. The van der Waals surface area contributed by atoms with Gasteiger partial charge in [-0.25, -0.2) is 0 Å². The zero-order valence-electron chi connectivity index (χ0n) is 13.0. The molecule has 0 saturated heterocycles. The quantitative estimate of drug-likeness (QED) is 0.878. The van der Waals surface area contributed by atoms with E-state index in [1.165, 1.54) is 37.7 Å². The summed E-state index contributed by atoms with van der Waals surface area (Å²) in [5.41, 5.74) is 8.12. The maximum atomic E-state index is 12.3. The summed E-state index contributed by atoms with van der Waals surface area (Å²) < 4.78 is 0.209. The van der Waals surface area contributed by atoms with Crippen LogP contribution in [-0.4, -0.2) is 23.5 Å². The fourth-order valence-electron chi connectivity index (χ4n) is 2.93. The summed E-state index contributed by atoms with van der Waals surface area (Å²) in [5, 5.41) is 3.07. The van der Waals surface area contributed by atoms with Gasteiger partial charge in [0.2, 0.25) is 5.91 Å². The molecule has 1 aliphatic carbocycles. The second kappa shape index (κ2) is 7.32. The molecule has 1 aromatic rings. The van der Waals surface area contributed by atoms with Crippen molar-refractivity contribution in [3.8, 4) is 0 Å². The fourth-order valence-corrected chi connectivity index (χ4v) is 3.85. The van der Waals surface area contributed by atoms with Gasteiger partial charge in [0.05, 0.1) is 0 Å². The average Bonchev–Trinajstić information content (AvgIpc) is 2.53. The van der Waals surface area contributed by atoms with Crippen molar-refractivity contribution in [1.82, 2.24) is 5.32 Å². The summed E-state index contributed by atoms with van der Waals surface area (Å²) in [6, 6.07) is 7.28. The second-order valence-electron chi connectivity index (χ2n) is 6.05. The first-order valence-electron chi connectivity index (χ1n) is 7.71. The first-order chi connectivity index (χ1) is 10.1. The highest BCUT2D eigenvalue weighted by atomic mass is 32.2. The third kappa shape index (κ3) is 4.24. The molecule has 0 heterocycles. The molecule has 0 aromatic heterocycles. The Morgan fingerprint density at radius 2 is 1.90 bits per heavy atom. The van der Waals surface area contributed by atoms with Crippen LogP contribution in [0.25, 0.3) is 0 Å². The zero-order valence-corrected chi connectivity index (χ0v) is 13.8. The normalized spacial score (nSPS) is 19.0. The zero-order chi connectivity index (χ0) is 15.3. The molecular formula is C17H26N2OS. The number of rotatable bonds is 5. The molecule has 3 N–H and O–H groups in total. The van der Waals surface area contributed by atoms with Gasteiger partial charge in [-0.1, -0.05) is 49.1 Å². The monoisotopic (exact) mass is 306 g/mol. The number of hydrogen-bond donors (Lipinski definition) is 2. The third-order valence-electron chi connectivity index (χ3n) is 4.50. The molecule has 4 heteroatoms. The molecule has 0 aliphatic heterocycles. The molecule has 2 rings (SSSR count). The van der Waals surface area contributed by atoms with Crippen molar-refractivity contribution < 1.29 is 4.79 Å². The Morgan fingerprint density at radius 3 is 2.48 bits per heavy atom. The lowest BCUT2D eigenvalue weighted by Crippen LogP contribution is -2.44. The van der Waals surface area contributed by atoms with Gasteiger partial charge in [0, 0.05) is 11.3 Å². The lowest BCUT2D eigenvalue weighted by atomic mass is 9.88. The number of carbonyl (C=O) groups is 1.